The Morgan fingerprint density at radius 1 is 1.16 bits per heavy atom. The van der Waals surface area contributed by atoms with Gasteiger partial charge >= 0.3 is 0 Å². The number of amides is 1. The minimum absolute atomic E-state index is 0.354. The number of benzene rings is 1. The van der Waals surface area contributed by atoms with Gasteiger partial charge in [0.2, 0.25) is 0 Å². The van der Waals surface area contributed by atoms with Gasteiger partial charge in [0, 0.05) is 35.2 Å². The van der Waals surface area contributed by atoms with E-state index in [1.807, 2.05) is 47.5 Å². The Kier molecular flexibility index (Phi) is 4.11. The van der Waals surface area contributed by atoms with Crippen LogP contribution in [0.4, 0.5) is 0 Å². The summed E-state index contributed by atoms with van der Waals surface area (Å²) in [5, 5.41) is 0. The first kappa shape index (κ1) is 15.7. The first-order valence-corrected chi connectivity index (χ1v) is 8.52. The molecule has 25 heavy (non-hydrogen) atoms. The minimum Gasteiger partial charge on any atom is -0.327 e. The summed E-state index contributed by atoms with van der Waals surface area (Å²) in [7, 11) is 0. The molecule has 0 unspecified atom stereocenters. The van der Waals surface area contributed by atoms with Gasteiger partial charge in [0.15, 0.2) is 5.84 Å². The van der Waals surface area contributed by atoms with Crippen LogP contribution in [0.5, 0.6) is 0 Å². The Morgan fingerprint density at radius 3 is 2.88 bits per heavy atom. The van der Waals surface area contributed by atoms with Gasteiger partial charge in [-0.15, -0.1) is 0 Å². The molecule has 0 N–H and O–H groups in total. The number of allylic oxidation sites excluding steroid dienone is 2. The van der Waals surface area contributed by atoms with E-state index < -0.39 is 0 Å². The SMILES string of the molecule is O=C(N=C1N=C2C=CC(Br)=CN2Cc2ccccc21)c1cccnc1. The molecule has 0 saturated carbocycles. The van der Waals surface area contributed by atoms with E-state index in [4.69, 9.17) is 0 Å². The average molecular weight is 393 g/mol. The molecular formula is C19H13BrN4O. The van der Waals surface area contributed by atoms with Crippen molar-refractivity contribution in [3.63, 3.8) is 0 Å². The van der Waals surface area contributed by atoms with Crippen molar-refractivity contribution >= 4 is 33.5 Å². The van der Waals surface area contributed by atoms with E-state index in [0.717, 1.165) is 21.4 Å². The summed E-state index contributed by atoms with van der Waals surface area (Å²) in [5.74, 6) is 0.808. The molecule has 1 aromatic heterocycles. The third-order valence-corrected chi connectivity index (χ3v) is 4.37. The largest absolute Gasteiger partial charge is 0.327 e. The number of aromatic nitrogens is 1. The van der Waals surface area contributed by atoms with E-state index in [1.54, 1.807) is 18.3 Å². The normalized spacial score (nSPS) is 17.3. The number of hydrogen-bond donors (Lipinski definition) is 0. The van der Waals surface area contributed by atoms with E-state index in [0.29, 0.717) is 17.9 Å². The molecular weight excluding hydrogens is 380 g/mol. The highest BCUT2D eigenvalue weighted by molar-refractivity contribution is 9.11. The van der Waals surface area contributed by atoms with Crippen LogP contribution < -0.4 is 0 Å². The zero-order valence-electron chi connectivity index (χ0n) is 13.1. The van der Waals surface area contributed by atoms with Crippen molar-refractivity contribution in [1.29, 1.82) is 0 Å². The molecule has 0 aliphatic carbocycles. The quantitative estimate of drug-likeness (QED) is 0.743. The number of carbonyl (C=O) groups is 1. The molecule has 0 fully saturated rings. The lowest BCUT2D eigenvalue weighted by Crippen LogP contribution is -2.24. The third kappa shape index (κ3) is 3.21. The fourth-order valence-corrected chi connectivity index (χ4v) is 3.08. The molecule has 0 atom stereocenters. The smallest absolute Gasteiger partial charge is 0.280 e. The molecule has 0 radical (unpaired) electrons. The van der Waals surface area contributed by atoms with Gasteiger partial charge < -0.3 is 4.90 Å². The van der Waals surface area contributed by atoms with Crippen LogP contribution in [-0.2, 0) is 6.54 Å². The number of carbonyl (C=O) groups excluding carboxylic acids is 1. The molecule has 0 spiro atoms. The van der Waals surface area contributed by atoms with Crippen LogP contribution in [0.2, 0.25) is 0 Å². The van der Waals surface area contributed by atoms with Crippen molar-refractivity contribution in [1.82, 2.24) is 9.88 Å². The van der Waals surface area contributed by atoms with Crippen molar-refractivity contribution in [3.05, 3.63) is 88.3 Å². The number of hydrogen-bond acceptors (Lipinski definition) is 3. The average Bonchev–Trinajstić information content (AvgIpc) is 2.79. The Hall–Kier alpha value is -2.86. The zero-order chi connectivity index (χ0) is 17.2. The molecule has 2 aliphatic rings. The molecule has 0 saturated heterocycles. The lowest BCUT2D eigenvalue weighted by molar-refractivity contribution is 0.100. The van der Waals surface area contributed by atoms with Crippen molar-refractivity contribution in [2.75, 3.05) is 0 Å². The monoisotopic (exact) mass is 392 g/mol. The van der Waals surface area contributed by atoms with E-state index in [1.165, 1.54) is 6.20 Å². The molecule has 1 aromatic carbocycles. The maximum absolute atomic E-state index is 12.5. The Bertz CT molecular complexity index is 960. The summed E-state index contributed by atoms with van der Waals surface area (Å²) in [5.41, 5.74) is 2.36. The second kappa shape index (κ2) is 6.57. The first-order valence-electron chi connectivity index (χ1n) is 7.73. The molecule has 3 heterocycles. The standard InChI is InChI=1S/C19H13BrN4O/c20-15-7-8-17-22-18(23-19(25)13-5-3-9-21-10-13)16-6-2-1-4-14(16)11-24(17)12-15/h1-10,12H,11H2. The van der Waals surface area contributed by atoms with Gasteiger partial charge in [-0.3, -0.25) is 9.78 Å². The second-order valence-electron chi connectivity index (χ2n) is 5.58. The number of pyridine rings is 1. The maximum atomic E-state index is 12.5. The highest BCUT2D eigenvalue weighted by atomic mass is 79.9. The lowest BCUT2D eigenvalue weighted by Gasteiger charge is -2.21. The van der Waals surface area contributed by atoms with Crippen LogP contribution >= 0.6 is 15.9 Å². The maximum Gasteiger partial charge on any atom is 0.280 e. The van der Waals surface area contributed by atoms with Gasteiger partial charge in [-0.1, -0.05) is 24.3 Å². The zero-order valence-corrected chi connectivity index (χ0v) is 14.7. The number of rotatable bonds is 1. The minimum atomic E-state index is -0.354. The van der Waals surface area contributed by atoms with E-state index in [-0.39, 0.29) is 5.91 Å². The summed E-state index contributed by atoms with van der Waals surface area (Å²) in [4.78, 5) is 27.4. The highest BCUT2D eigenvalue weighted by Crippen LogP contribution is 2.23. The van der Waals surface area contributed by atoms with Crippen molar-refractivity contribution < 1.29 is 4.79 Å². The number of halogens is 1. The van der Waals surface area contributed by atoms with E-state index in [2.05, 4.69) is 30.9 Å². The molecule has 2 aliphatic heterocycles. The van der Waals surface area contributed by atoms with Crippen molar-refractivity contribution in [2.45, 2.75) is 6.54 Å². The van der Waals surface area contributed by atoms with Crippen molar-refractivity contribution in [2.24, 2.45) is 9.98 Å². The number of nitrogens with zero attached hydrogens (tertiary/aromatic N) is 4. The summed E-state index contributed by atoms with van der Waals surface area (Å²) < 4.78 is 0.968. The molecule has 5 nitrogen and oxygen atoms in total. The van der Waals surface area contributed by atoms with Crippen LogP contribution in [0, 0.1) is 0 Å². The van der Waals surface area contributed by atoms with Crippen LogP contribution in [0.25, 0.3) is 0 Å². The van der Waals surface area contributed by atoms with Gasteiger partial charge in [0.1, 0.15) is 5.84 Å². The third-order valence-electron chi connectivity index (χ3n) is 3.90. The van der Waals surface area contributed by atoms with Gasteiger partial charge in [-0.05, 0) is 45.8 Å². The molecule has 2 aromatic rings. The molecule has 6 heteroatoms. The van der Waals surface area contributed by atoms with E-state index >= 15 is 0 Å². The molecule has 4 rings (SSSR count). The molecule has 122 valence electrons. The van der Waals surface area contributed by atoms with Gasteiger partial charge in [-0.2, -0.15) is 4.99 Å². The molecule has 1 amide bonds. The van der Waals surface area contributed by atoms with Crippen LogP contribution in [-0.4, -0.2) is 27.5 Å². The highest BCUT2D eigenvalue weighted by Gasteiger charge is 2.21. The fraction of sp³-hybridized carbons (Fsp3) is 0.0526. The summed E-state index contributed by atoms with van der Waals surface area (Å²) in [6.45, 7) is 0.661. The topological polar surface area (TPSA) is 57.9 Å². The van der Waals surface area contributed by atoms with E-state index in [9.17, 15) is 4.79 Å². The fourth-order valence-electron chi connectivity index (χ4n) is 2.70. The van der Waals surface area contributed by atoms with Crippen LogP contribution in [0.15, 0.2) is 81.6 Å². The Labute approximate surface area is 153 Å². The predicted molar refractivity (Wildman–Crippen MR) is 101 cm³/mol. The number of fused-ring (bicyclic) bond motifs is 2. The summed E-state index contributed by atoms with van der Waals surface area (Å²) in [6, 6.07) is 11.3. The lowest BCUT2D eigenvalue weighted by atomic mass is 10.1. The van der Waals surface area contributed by atoms with Gasteiger partial charge in [0.25, 0.3) is 5.91 Å². The van der Waals surface area contributed by atoms with Crippen LogP contribution in [0.3, 0.4) is 0 Å². The van der Waals surface area contributed by atoms with Crippen LogP contribution in [0.1, 0.15) is 21.5 Å². The predicted octanol–water partition coefficient (Wildman–Crippen LogP) is 3.69. The number of amidine groups is 2. The Morgan fingerprint density at radius 2 is 2.04 bits per heavy atom. The molecule has 0 bridgehead atoms. The van der Waals surface area contributed by atoms with Crippen molar-refractivity contribution in [3.8, 4) is 0 Å². The van der Waals surface area contributed by atoms with Gasteiger partial charge in [-0.25, -0.2) is 4.99 Å². The van der Waals surface area contributed by atoms with Gasteiger partial charge in [0.05, 0.1) is 5.56 Å². The second-order valence-corrected chi connectivity index (χ2v) is 6.50. The summed E-state index contributed by atoms with van der Waals surface area (Å²) >= 11 is 3.49. The first-order chi connectivity index (χ1) is 12.2. The summed E-state index contributed by atoms with van der Waals surface area (Å²) in [6.07, 6.45) is 8.93. The number of aliphatic imine (C=N–C) groups is 2. The Balaban J connectivity index is 1.82.